The average molecular weight is 274 g/mol. The number of piperazine rings is 1. The number of likely N-dealkylation sites (N-methyl/N-ethyl adjacent to an activating group) is 1. The maximum absolute atomic E-state index is 12.4. The van der Waals surface area contributed by atoms with Gasteiger partial charge >= 0.3 is 0 Å². The number of hydrogen-bond donors (Lipinski definition) is 2. The smallest absolute Gasteiger partial charge is 0.271 e. The molecule has 20 heavy (non-hydrogen) atoms. The molecule has 1 aliphatic heterocycles. The Morgan fingerprint density at radius 1 is 1.45 bits per heavy atom. The maximum atomic E-state index is 12.4. The summed E-state index contributed by atoms with van der Waals surface area (Å²) in [4.78, 5) is 24.1. The Bertz CT molecular complexity index is 549. The molecule has 0 bridgehead atoms. The predicted molar refractivity (Wildman–Crippen MR) is 73.1 cm³/mol. The van der Waals surface area contributed by atoms with Gasteiger partial charge in [0.05, 0.1) is 6.04 Å². The van der Waals surface area contributed by atoms with Crippen molar-refractivity contribution in [2.45, 2.75) is 13.0 Å². The van der Waals surface area contributed by atoms with Crippen molar-refractivity contribution < 1.29 is 4.79 Å². The number of H-pyrrole nitrogens is 2. The molecule has 1 saturated heterocycles. The second kappa shape index (κ2) is 5.46. The summed E-state index contributed by atoms with van der Waals surface area (Å²) < 4.78 is 0. The number of amides is 1. The van der Waals surface area contributed by atoms with Gasteiger partial charge in [0.15, 0.2) is 0 Å². The Kier molecular flexibility index (Phi) is 3.51. The third kappa shape index (κ3) is 2.32. The van der Waals surface area contributed by atoms with Crippen LogP contribution in [-0.4, -0.2) is 62.1 Å². The molecule has 7 nitrogen and oxygen atoms in total. The minimum absolute atomic E-state index is 0.00481. The van der Waals surface area contributed by atoms with Crippen molar-refractivity contribution in [1.82, 2.24) is 30.0 Å². The molecule has 0 radical (unpaired) electrons. The standard InChI is InChI=1S/C13H18N6O/c1-2-18-7-8-19(13(20)10-3-4-16-17-10)9-11(18)12-14-5-6-15-12/h3-6,11H,2,7-9H2,1H3,(H,14,15)(H,16,17). The van der Waals surface area contributed by atoms with E-state index in [-0.39, 0.29) is 11.9 Å². The first kappa shape index (κ1) is 12.9. The highest BCUT2D eigenvalue weighted by molar-refractivity contribution is 5.92. The zero-order chi connectivity index (χ0) is 13.9. The van der Waals surface area contributed by atoms with Crippen molar-refractivity contribution in [3.8, 4) is 0 Å². The van der Waals surface area contributed by atoms with E-state index >= 15 is 0 Å². The monoisotopic (exact) mass is 274 g/mol. The van der Waals surface area contributed by atoms with Crippen molar-refractivity contribution in [3.63, 3.8) is 0 Å². The molecule has 1 aliphatic rings. The number of aromatic nitrogens is 4. The summed E-state index contributed by atoms with van der Waals surface area (Å²) in [7, 11) is 0. The Morgan fingerprint density at radius 2 is 2.35 bits per heavy atom. The first-order valence-electron chi connectivity index (χ1n) is 6.81. The van der Waals surface area contributed by atoms with Gasteiger partial charge in [-0.3, -0.25) is 14.8 Å². The summed E-state index contributed by atoms with van der Waals surface area (Å²) in [6.45, 7) is 5.28. The van der Waals surface area contributed by atoms with Crippen molar-refractivity contribution in [2.75, 3.05) is 26.2 Å². The molecule has 2 N–H and O–H groups in total. The minimum Gasteiger partial charge on any atom is -0.347 e. The normalized spacial score (nSPS) is 20.2. The van der Waals surface area contributed by atoms with Crippen LogP contribution in [0.1, 0.15) is 29.3 Å². The lowest BCUT2D eigenvalue weighted by Crippen LogP contribution is -2.50. The van der Waals surface area contributed by atoms with Crippen LogP contribution in [0.2, 0.25) is 0 Å². The largest absolute Gasteiger partial charge is 0.347 e. The van der Waals surface area contributed by atoms with E-state index in [1.54, 1.807) is 18.5 Å². The quantitative estimate of drug-likeness (QED) is 0.861. The summed E-state index contributed by atoms with van der Waals surface area (Å²) in [6, 6.07) is 1.83. The van der Waals surface area contributed by atoms with Crippen molar-refractivity contribution in [2.24, 2.45) is 0 Å². The van der Waals surface area contributed by atoms with Crippen LogP contribution in [-0.2, 0) is 0 Å². The molecule has 1 unspecified atom stereocenters. The molecular weight excluding hydrogens is 256 g/mol. The number of carbonyl (C=O) groups is 1. The van der Waals surface area contributed by atoms with Crippen LogP contribution in [0.4, 0.5) is 0 Å². The van der Waals surface area contributed by atoms with Gasteiger partial charge in [-0.15, -0.1) is 0 Å². The van der Waals surface area contributed by atoms with Gasteiger partial charge in [0.25, 0.3) is 5.91 Å². The Morgan fingerprint density at radius 3 is 3.00 bits per heavy atom. The van der Waals surface area contributed by atoms with Crippen LogP contribution >= 0.6 is 0 Å². The molecule has 0 spiro atoms. The first-order valence-corrected chi connectivity index (χ1v) is 6.81. The molecule has 2 aromatic heterocycles. The molecule has 0 aromatic carbocycles. The van der Waals surface area contributed by atoms with E-state index in [9.17, 15) is 4.79 Å². The second-order valence-electron chi connectivity index (χ2n) is 4.84. The lowest BCUT2D eigenvalue weighted by molar-refractivity contribution is 0.0475. The van der Waals surface area contributed by atoms with E-state index in [0.717, 1.165) is 25.5 Å². The molecule has 1 atom stereocenters. The number of rotatable bonds is 3. The molecule has 1 amide bonds. The lowest BCUT2D eigenvalue weighted by Gasteiger charge is -2.39. The predicted octanol–water partition coefficient (Wildman–Crippen LogP) is 0.652. The number of aromatic amines is 2. The molecular formula is C13H18N6O. The zero-order valence-corrected chi connectivity index (χ0v) is 11.4. The van der Waals surface area contributed by atoms with Crippen LogP contribution in [0.3, 0.4) is 0 Å². The van der Waals surface area contributed by atoms with Gasteiger partial charge in [0.2, 0.25) is 0 Å². The van der Waals surface area contributed by atoms with E-state index in [0.29, 0.717) is 12.2 Å². The maximum Gasteiger partial charge on any atom is 0.271 e. The third-order valence-electron chi connectivity index (χ3n) is 3.75. The molecule has 106 valence electrons. The Hall–Kier alpha value is -2.15. The number of carbonyl (C=O) groups excluding carboxylic acids is 1. The molecule has 0 saturated carbocycles. The molecule has 1 fully saturated rings. The van der Waals surface area contributed by atoms with E-state index in [1.165, 1.54) is 0 Å². The van der Waals surface area contributed by atoms with Gasteiger partial charge in [0.1, 0.15) is 11.5 Å². The fourth-order valence-electron chi connectivity index (χ4n) is 2.65. The van der Waals surface area contributed by atoms with Crippen LogP contribution in [0.5, 0.6) is 0 Å². The summed E-state index contributed by atoms with van der Waals surface area (Å²) >= 11 is 0. The van der Waals surface area contributed by atoms with E-state index in [1.807, 2.05) is 11.1 Å². The van der Waals surface area contributed by atoms with Crippen molar-refractivity contribution in [3.05, 3.63) is 36.2 Å². The van der Waals surface area contributed by atoms with Crippen molar-refractivity contribution >= 4 is 5.91 Å². The highest BCUT2D eigenvalue weighted by Gasteiger charge is 2.31. The third-order valence-corrected chi connectivity index (χ3v) is 3.75. The fourth-order valence-corrected chi connectivity index (χ4v) is 2.65. The van der Waals surface area contributed by atoms with Crippen LogP contribution in [0, 0.1) is 0 Å². The highest BCUT2D eigenvalue weighted by Crippen LogP contribution is 2.23. The fraction of sp³-hybridized carbons (Fsp3) is 0.462. The lowest BCUT2D eigenvalue weighted by atomic mass is 10.1. The van der Waals surface area contributed by atoms with Gasteiger partial charge in [0, 0.05) is 38.2 Å². The molecule has 3 rings (SSSR count). The average Bonchev–Trinajstić information content (AvgIpc) is 3.18. The van der Waals surface area contributed by atoms with Gasteiger partial charge in [-0.05, 0) is 12.6 Å². The molecule has 2 aromatic rings. The number of imidazole rings is 1. The summed E-state index contributed by atoms with van der Waals surface area (Å²) in [5.41, 5.74) is 0.535. The van der Waals surface area contributed by atoms with Crippen molar-refractivity contribution in [1.29, 1.82) is 0 Å². The van der Waals surface area contributed by atoms with Crippen LogP contribution < -0.4 is 0 Å². The summed E-state index contributed by atoms with van der Waals surface area (Å²) in [5.74, 6) is 0.906. The van der Waals surface area contributed by atoms with E-state index in [4.69, 9.17) is 0 Å². The number of hydrogen-bond acceptors (Lipinski definition) is 4. The van der Waals surface area contributed by atoms with E-state index in [2.05, 4.69) is 32.0 Å². The zero-order valence-electron chi connectivity index (χ0n) is 11.4. The summed E-state index contributed by atoms with van der Waals surface area (Å²) in [6.07, 6.45) is 5.16. The minimum atomic E-state index is -0.00481. The van der Waals surface area contributed by atoms with Gasteiger partial charge in [-0.25, -0.2) is 4.98 Å². The SMILES string of the molecule is CCN1CCN(C(=O)c2ccn[nH]2)CC1c1ncc[nH]1. The molecule has 7 heteroatoms. The molecule has 3 heterocycles. The second-order valence-corrected chi connectivity index (χ2v) is 4.84. The van der Waals surface area contributed by atoms with E-state index < -0.39 is 0 Å². The highest BCUT2D eigenvalue weighted by atomic mass is 16.2. The van der Waals surface area contributed by atoms with Gasteiger partial charge < -0.3 is 9.88 Å². The van der Waals surface area contributed by atoms with Gasteiger partial charge in [-0.2, -0.15) is 5.10 Å². The van der Waals surface area contributed by atoms with Gasteiger partial charge in [-0.1, -0.05) is 6.92 Å². The molecule has 0 aliphatic carbocycles. The summed E-state index contributed by atoms with van der Waals surface area (Å²) in [5, 5.41) is 6.57. The van der Waals surface area contributed by atoms with Crippen LogP contribution in [0.25, 0.3) is 0 Å². The van der Waals surface area contributed by atoms with Crippen LogP contribution in [0.15, 0.2) is 24.7 Å². The Labute approximate surface area is 117 Å². The first-order chi connectivity index (χ1) is 9.79. The topological polar surface area (TPSA) is 80.9 Å². The Balaban J connectivity index is 1.78. The number of nitrogens with one attached hydrogen (secondary N) is 2. The number of nitrogens with zero attached hydrogens (tertiary/aromatic N) is 4.